The summed E-state index contributed by atoms with van der Waals surface area (Å²) in [5.74, 6) is -0.0526. The number of nitrogens with one attached hydrogen (secondary N) is 1. The molecule has 2 aromatic carbocycles. The van der Waals surface area contributed by atoms with Gasteiger partial charge in [-0.2, -0.15) is 13.2 Å². The SMILES string of the molecule is C[C@H](Nc1ncc(Cl)c2c1N(Cc1ccc(C(F)(F)F)cc1)CCO2)c1ccc(C(=O)O)cc1. The van der Waals surface area contributed by atoms with Crippen LogP contribution >= 0.6 is 11.6 Å². The van der Waals surface area contributed by atoms with Crippen LogP contribution in [0.3, 0.4) is 0 Å². The van der Waals surface area contributed by atoms with E-state index in [2.05, 4.69) is 10.3 Å². The summed E-state index contributed by atoms with van der Waals surface area (Å²) in [4.78, 5) is 17.5. The van der Waals surface area contributed by atoms with Gasteiger partial charge in [-0.25, -0.2) is 9.78 Å². The van der Waals surface area contributed by atoms with Crippen molar-refractivity contribution in [1.29, 1.82) is 0 Å². The molecule has 3 aromatic rings. The van der Waals surface area contributed by atoms with E-state index in [0.717, 1.165) is 17.7 Å². The Morgan fingerprint density at radius 3 is 2.50 bits per heavy atom. The molecule has 0 aliphatic carbocycles. The lowest BCUT2D eigenvalue weighted by Crippen LogP contribution is -2.33. The Morgan fingerprint density at radius 2 is 1.88 bits per heavy atom. The lowest BCUT2D eigenvalue weighted by atomic mass is 10.1. The van der Waals surface area contributed by atoms with Crippen molar-refractivity contribution >= 4 is 29.1 Å². The number of benzene rings is 2. The van der Waals surface area contributed by atoms with Gasteiger partial charge in [0.1, 0.15) is 17.3 Å². The Hall–Kier alpha value is -3.46. The van der Waals surface area contributed by atoms with Gasteiger partial charge in [-0.15, -0.1) is 0 Å². The fraction of sp³-hybridized carbons (Fsp3) is 0.250. The second-order valence-electron chi connectivity index (χ2n) is 7.89. The van der Waals surface area contributed by atoms with Gasteiger partial charge < -0.3 is 20.1 Å². The standard InChI is InChI=1S/C24H21ClF3N3O3/c1-14(16-4-6-17(7-5-16)23(32)33)30-22-20-21(19(25)12-29-22)34-11-10-31(20)13-15-2-8-18(9-3-15)24(26,27)28/h2-9,12,14H,10-11,13H2,1H3,(H,29,30)(H,32,33)/t14-/m0/s1. The summed E-state index contributed by atoms with van der Waals surface area (Å²) in [6.45, 7) is 3.10. The van der Waals surface area contributed by atoms with E-state index >= 15 is 0 Å². The first-order chi connectivity index (χ1) is 16.1. The zero-order chi connectivity index (χ0) is 24.5. The number of halogens is 4. The summed E-state index contributed by atoms with van der Waals surface area (Å²) in [5.41, 5.74) is 1.65. The average molecular weight is 492 g/mol. The second-order valence-corrected chi connectivity index (χ2v) is 8.30. The van der Waals surface area contributed by atoms with Crippen molar-refractivity contribution in [2.75, 3.05) is 23.4 Å². The van der Waals surface area contributed by atoms with Crippen LogP contribution < -0.4 is 15.0 Å². The van der Waals surface area contributed by atoms with Crippen LogP contribution in [-0.2, 0) is 12.7 Å². The van der Waals surface area contributed by atoms with Crippen LogP contribution in [0, 0.1) is 0 Å². The zero-order valence-corrected chi connectivity index (χ0v) is 18.8. The Bertz CT molecular complexity index is 1190. The van der Waals surface area contributed by atoms with Gasteiger partial charge in [0.25, 0.3) is 0 Å². The summed E-state index contributed by atoms with van der Waals surface area (Å²) in [5, 5.41) is 12.7. The van der Waals surface area contributed by atoms with Gasteiger partial charge in [0, 0.05) is 6.54 Å². The summed E-state index contributed by atoms with van der Waals surface area (Å²) in [6.07, 6.45) is -2.91. The molecule has 4 rings (SSSR count). The minimum Gasteiger partial charge on any atom is -0.488 e. The van der Waals surface area contributed by atoms with Crippen molar-refractivity contribution in [3.05, 3.63) is 82.0 Å². The monoisotopic (exact) mass is 491 g/mol. The highest BCUT2D eigenvalue weighted by Crippen LogP contribution is 2.43. The molecule has 178 valence electrons. The van der Waals surface area contributed by atoms with E-state index in [1.165, 1.54) is 30.5 Å². The summed E-state index contributed by atoms with van der Waals surface area (Å²) in [6, 6.07) is 11.3. The second kappa shape index (κ2) is 9.42. The quantitative estimate of drug-likeness (QED) is 0.439. The number of carbonyl (C=O) groups is 1. The first-order valence-corrected chi connectivity index (χ1v) is 10.8. The third kappa shape index (κ3) is 5.04. The molecule has 10 heteroatoms. The molecule has 34 heavy (non-hydrogen) atoms. The van der Waals surface area contributed by atoms with Crippen LogP contribution in [0.5, 0.6) is 5.75 Å². The maximum absolute atomic E-state index is 12.9. The Kier molecular flexibility index (Phi) is 6.56. The van der Waals surface area contributed by atoms with E-state index in [0.29, 0.717) is 47.5 Å². The van der Waals surface area contributed by atoms with E-state index < -0.39 is 17.7 Å². The van der Waals surface area contributed by atoms with Crippen molar-refractivity contribution < 1.29 is 27.8 Å². The predicted octanol–water partition coefficient (Wildman–Crippen LogP) is 6.02. The van der Waals surface area contributed by atoms with Crippen LogP contribution in [0.2, 0.25) is 5.02 Å². The van der Waals surface area contributed by atoms with E-state index in [-0.39, 0.29) is 11.6 Å². The predicted molar refractivity (Wildman–Crippen MR) is 123 cm³/mol. The Labute approximate surface area is 198 Å². The molecule has 6 nitrogen and oxygen atoms in total. The number of ether oxygens (including phenoxy) is 1. The number of carboxylic acids is 1. The smallest absolute Gasteiger partial charge is 0.416 e. The van der Waals surface area contributed by atoms with Crippen molar-refractivity contribution in [2.24, 2.45) is 0 Å². The number of nitrogens with zero attached hydrogens (tertiary/aromatic N) is 2. The van der Waals surface area contributed by atoms with E-state index in [1.54, 1.807) is 12.1 Å². The van der Waals surface area contributed by atoms with E-state index in [4.69, 9.17) is 21.4 Å². The zero-order valence-electron chi connectivity index (χ0n) is 18.1. The highest BCUT2D eigenvalue weighted by molar-refractivity contribution is 6.32. The van der Waals surface area contributed by atoms with Gasteiger partial charge in [0.2, 0.25) is 0 Å². The van der Waals surface area contributed by atoms with E-state index in [1.807, 2.05) is 11.8 Å². The largest absolute Gasteiger partial charge is 0.488 e. The van der Waals surface area contributed by atoms with Crippen molar-refractivity contribution in [1.82, 2.24) is 4.98 Å². The number of rotatable bonds is 6. The van der Waals surface area contributed by atoms with Crippen molar-refractivity contribution in [3.8, 4) is 5.75 Å². The van der Waals surface area contributed by atoms with Crippen LogP contribution in [0.25, 0.3) is 0 Å². The first-order valence-electron chi connectivity index (χ1n) is 10.5. The number of hydrogen-bond donors (Lipinski definition) is 2. The Balaban J connectivity index is 1.60. The number of aromatic nitrogens is 1. The highest BCUT2D eigenvalue weighted by atomic mass is 35.5. The molecule has 0 spiro atoms. The Morgan fingerprint density at radius 1 is 1.21 bits per heavy atom. The first kappa shape index (κ1) is 23.7. The summed E-state index contributed by atoms with van der Waals surface area (Å²) >= 11 is 6.33. The fourth-order valence-corrected chi connectivity index (χ4v) is 3.94. The molecule has 1 aliphatic rings. The normalized spacial score (nSPS) is 14.2. The summed E-state index contributed by atoms with van der Waals surface area (Å²) < 4.78 is 44.5. The number of fused-ring (bicyclic) bond motifs is 1. The average Bonchev–Trinajstić information content (AvgIpc) is 2.81. The van der Waals surface area contributed by atoms with Gasteiger partial charge in [0.05, 0.1) is 29.9 Å². The van der Waals surface area contributed by atoms with Crippen LogP contribution in [0.4, 0.5) is 24.7 Å². The molecule has 1 aliphatic heterocycles. The number of aromatic carboxylic acids is 1. The lowest BCUT2D eigenvalue weighted by molar-refractivity contribution is -0.137. The molecule has 0 saturated heterocycles. The molecule has 0 fully saturated rings. The lowest BCUT2D eigenvalue weighted by Gasteiger charge is -2.33. The topological polar surface area (TPSA) is 74.7 Å². The van der Waals surface area contributed by atoms with Gasteiger partial charge in [-0.3, -0.25) is 0 Å². The van der Waals surface area contributed by atoms with Gasteiger partial charge in [-0.1, -0.05) is 35.9 Å². The molecule has 1 aromatic heterocycles. The third-order valence-electron chi connectivity index (χ3n) is 5.55. The molecule has 0 bridgehead atoms. The van der Waals surface area contributed by atoms with E-state index in [9.17, 15) is 18.0 Å². The van der Waals surface area contributed by atoms with Gasteiger partial charge in [0.15, 0.2) is 11.6 Å². The maximum Gasteiger partial charge on any atom is 0.416 e. The number of alkyl halides is 3. The van der Waals surface area contributed by atoms with Crippen LogP contribution in [0.1, 0.15) is 40.0 Å². The van der Waals surface area contributed by atoms with Gasteiger partial charge >= 0.3 is 12.1 Å². The molecule has 2 N–H and O–H groups in total. The molecular formula is C24H21ClF3N3O3. The molecule has 1 atom stereocenters. The molecule has 0 radical (unpaired) electrons. The molecule has 0 amide bonds. The highest BCUT2D eigenvalue weighted by Gasteiger charge is 2.30. The van der Waals surface area contributed by atoms with Crippen molar-refractivity contribution in [2.45, 2.75) is 25.7 Å². The van der Waals surface area contributed by atoms with Crippen molar-refractivity contribution in [3.63, 3.8) is 0 Å². The fourth-order valence-electron chi connectivity index (χ4n) is 3.75. The maximum atomic E-state index is 12.9. The number of anilines is 2. The molecule has 2 heterocycles. The third-order valence-corrected chi connectivity index (χ3v) is 5.82. The molecule has 0 unspecified atom stereocenters. The minimum atomic E-state index is -4.39. The number of carboxylic acid groups (broad SMARTS) is 1. The molecule has 0 saturated carbocycles. The number of pyridine rings is 1. The summed E-state index contributed by atoms with van der Waals surface area (Å²) in [7, 11) is 0. The minimum absolute atomic E-state index is 0.189. The van der Waals surface area contributed by atoms with Gasteiger partial charge in [-0.05, 0) is 42.3 Å². The molecular weight excluding hydrogens is 471 g/mol. The van der Waals surface area contributed by atoms with Crippen LogP contribution in [0.15, 0.2) is 54.7 Å². The van der Waals surface area contributed by atoms with Crippen LogP contribution in [-0.4, -0.2) is 29.2 Å². The number of hydrogen-bond acceptors (Lipinski definition) is 5.